The molecule has 0 unspecified atom stereocenters. The zero-order valence-corrected chi connectivity index (χ0v) is 19.1. The molecule has 0 N–H and O–H groups in total. The number of rotatable bonds is 4. The van der Waals surface area contributed by atoms with E-state index in [-0.39, 0.29) is 31.0 Å². The number of hydrogen-bond donors (Lipinski definition) is 0. The summed E-state index contributed by atoms with van der Waals surface area (Å²) in [5, 5.41) is 0. The molecule has 3 aromatic rings. The van der Waals surface area contributed by atoms with E-state index < -0.39 is 29.1 Å². The van der Waals surface area contributed by atoms with Crippen LogP contribution in [0.25, 0.3) is 5.69 Å². The van der Waals surface area contributed by atoms with Crippen molar-refractivity contribution in [3.05, 3.63) is 77.4 Å². The van der Waals surface area contributed by atoms with Gasteiger partial charge in [-0.05, 0) is 48.9 Å². The molecule has 2 aliphatic rings. The zero-order chi connectivity index (χ0) is 24.8. The van der Waals surface area contributed by atoms with Gasteiger partial charge in [-0.15, -0.1) is 0 Å². The number of nitrogens with zero attached hydrogens (tertiary/aromatic N) is 2. The Morgan fingerprint density at radius 1 is 1.11 bits per heavy atom. The minimum atomic E-state index is -4.64. The van der Waals surface area contributed by atoms with Crippen LogP contribution in [0.3, 0.4) is 0 Å². The number of ether oxygens (including phenoxy) is 2. The molecule has 0 aliphatic carbocycles. The summed E-state index contributed by atoms with van der Waals surface area (Å²) in [7, 11) is 0. The number of benzene rings is 2. The second-order valence-corrected chi connectivity index (χ2v) is 8.82. The molecule has 0 bridgehead atoms. The SMILES string of the molecule is CCCOc1ccc(C(=O)N2CCC3(CC2)Oc2cc(F)ccc2-n2cccc23)cc1C(F)(F)F. The lowest BCUT2D eigenvalue weighted by atomic mass is 9.86. The molecule has 2 aromatic carbocycles. The largest absolute Gasteiger partial charge is 0.493 e. The first-order valence-corrected chi connectivity index (χ1v) is 11.5. The molecule has 1 saturated heterocycles. The maximum absolute atomic E-state index is 13.9. The normalized spacial score (nSPS) is 16.4. The van der Waals surface area contributed by atoms with Gasteiger partial charge in [-0.2, -0.15) is 13.2 Å². The Morgan fingerprint density at radius 3 is 2.60 bits per heavy atom. The second-order valence-electron chi connectivity index (χ2n) is 8.82. The lowest BCUT2D eigenvalue weighted by Crippen LogP contribution is -2.50. The van der Waals surface area contributed by atoms with Gasteiger partial charge < -0.3 is 18.9 Å². The summed E-state index contributed by atoms with van der Waals surface area (Å²) < 4.78 is 68.2. The van der Waals surface area contributed by atoms with Gasteiger partial charge in [-0.1, -0.05) is 6.92 Å². The summed E-state index contributed by atoms with van der Waals surface area (Å²) in [6.07, 6.45) is -1.36. The summed E-state index contributed by atoms with van der Waals surface area (Å²) >= 11 is 0. The topological polar surface area (TPSA) is 43.7 Å². The average Bonchev–Trinajstić information content (AvgIpc) is 3.33. The van der Waals surface area contributed by atoms with E-state index in [1.165, 1.54) is 29.2 Å². The number of carbonyl (C=O) groups excluding carboxylic acids is 1. The van der Waals surface area contributed by atoms with Crippen molar-refractivity contribution >= 4 is 5.91 Å². The predicted octanol–water partition coefficient (Wildman–Crippen LogP) is 5.95. The highest BCUT2D eigenvalue weighted by Crippen LogP contribution is 2.45. The molecule has 9 heteroatoms. The van der Waals surface area contributed by atoms with Crippen LogP contribution in [0.4, 0.5) is 17.6 Å². The molecule has 0 radical (unpaired) electrons. The Labute approximate surface area is 199 Å². The quantitative estimate of drug-likeness (QED) is 0.427. The Kier molecular flexibility index (Phi) is 5.73. The van der Waals surface area contributed by atoms with Crippen molar-refractivity contribution in [1.82, 2.24) is 9.47 Å². The highest BCUT2D eigenvalue weighted by molar-refractivity contribution is 5.94. The fourth-order valence-electron chi connectivity index (χ4n) is 4.83. The first-order valence-electron chi connectivity index (χ1n) is 11.5. The standard InChI is InChI=1S/C26H24F4N2O3/c1-2-14-34-21-8-5-17(15-19(21)26(28,29)30)24(33)31-12-9-25(10-13-31)23-4-3-11-32(23)20-7-6-18(27)16-22(20)35-25/h3-8,11,15-16H,2,9-10,12-14H2,1H3. The molecule has 0 atom stereocenters. The summed E-state index contributed by atoms with van der Waals surface area (Å²) in [6, 6.07) is 11.6. The number of hydrogen-bond acceptors (Lipinski definition) is 3. The van der Waals surface area contributed by atoms with Crippen molar-refractivity contribution in [3.63, 3.8) is 0 Å². The van der Waals surface area contributed by atoms with Crippen LogP contribution in [-0.4, -0.2) is 35.1 Å². The Morgan fingerprint density at radius 2 is 1.89 bits per heavy atom. The zero-order valence-electron chi connectivity index (χ0n) is 19.1. The van der Waals surface area contributed by atoms with Crippen LogP contribution < -0.4 is 9.47 Å². The number of amides is 1. The third-order valence-electron chi connectivity index (χ3n) is 6.55. The van der Waals surface area contributed by atoms with Gasteiger partial charge in [0, 0.05) is 43.8 Å². The number of halogens is 4. The molecule has 184 valence electrons. The van der Waals surface area contributed by atoms with Crippen LogP contribution in [0.5, 0.6) is 11.5 Å². The Bertz CT molecular complexity index is 1260. The van der Waals surface area contributed by atoms with Crippen LogP contribution >= 0.6 is 0 Å². The van der Waals surface area contributed by atoms with Crippen molar-refractivity contribution in [2.45, 2.75) is 38.0 Å². The molecule has 1 fully saturated rings. The minimum absolute atomic E-state index is 0.0440. The summed E-state index contributed by atoms with van der Waals surface area (Å²) in [4.78, 5) is 14.7. The lowest BCUT2D eigenvalue weighted by molar-refractivity contribution is -0.139. The molecule has 35 heavy (non-hydrogen) atoms. The fourth-order valence-corrected chi connectivity index (χ4v) is 4.83. The van der Waals surface area contributed by atoms with Gasteiger partial charge in [0.25, 0.3) is 5.91 Å². The van der Waals surface area contributed by atoms with Gasteiger partial charge in [-0.3, -0.25) is 4.79 Å². The van der Waals surface area contributed by atoms with E-state index in [2.05, 4.69) is 0 Å². The van der Waals surface area contributed by atoms with Gasteiger partial charge in [0.1, 0.15) is 17.3 Å². The van der Waals surface area contributed by atoms with E-state index in [0.29, 0.717) is 25.0 Å². The van der Waals surface area contributed by atoms with Crippen molar-refractivity contribution in [3.8, 4) is 17.2 Å². The third-order valence-corrected chi connectivity index (χ3v) is 6.55. The first kappa shape index (κ1) is 23.3. The monoisotopic (exact) mass is 488 g/mol. The maximum atomic E-state index is 13.9. The molecule has 1 spiro atoms. The number of alkyl halides is 3. The van der Waals surface area contributed by atoms with E-state index in [9.17, 15) is 22.4 Å². The Balaban J connectivity index is 1.37. The van der Waals surface area contributed by atoms with Crippen LogP contribution in [0.15, 0.2) is 54.7 Å². The van der Waals surface area contributed by atoms with E-state index in [1.54, 1.807) is 13.0 Å². The average molecular weight is 488 g/mol. The van der Waals surface area contributed by atoms with Crippen LogP contribution in [0.1, 0.15) is 47.8 Å². The van der Waals surface area contributed by atoms with Crippen LogP contribution in [0, 0.1) is 5.82 Å². The van der Waals surface area contributed by atoms with E-state index >= 15 is 0 Å². The van der Waals surface area contributed by atoms with Crippen molar-refractivity contribution in [2.24, 2.45) is 0 Å². The maximum Gasteiger partial charge on any atom is 0.419 e. The van der Waals surface area contributed by atoms with E-state index in [0.717, 1.165) is 17.4 Å². The second kappa shape index (κ2) is 8.62. The molecule has 5 nitrogen and oxygen atoms in total. The fraction of sp³-hybridized carbons (Fsp3) is 0.346. The van der Waals surface area contributed by atoms with Crippen LogP contribution in [0.2, 0.25) is 0 Å². The predicted molar refractivity (Wildman–Crippen MR) is 120 cm³/mol. The number of likely N-dealkylation sites (tertiary alicyclic amines) is 1. The minimum Gasteiger partial charge on any atom is -0.493 e. The Hall–Kier alpha value is -3.49. The number of aromatic nitrogens is 1. The lowest BCUT2D eigenvalue weighted by Gasteiger charge is -2.45. The van der Waals surface area contributed by atoms with E-state index in [1.807, 2.05) is 22.9 Å². The van der Waals surface area contributed by atoms with Crippen molar-refractivity contribution in [2.75, 3.05) is 19.7 Å². The smallest absolute Gasteiger partial charge is 0.419 e. The molecule has 5 rings (SSSR count). The van der Waals surface area contributed by atoms with Gasteiger partial charge in [0.2, 0.25) is 0 Å². The highest BCUT2D eigenvalue weighted by Gasteiger charge is 2.45. The molecular weight excluding hydrogens is 464 g/mol. The number of fused-ring (bicyclic) bond motifs is 4. The molecule has 2 aliphatic heterocycles. The summed E-state index contributed by atoms with van der Waals surface area (Å²) in [5.74, 6) is -0.749. The van der Waals surface area contributed by atoms with Crippen molar-refractivity contribution in [1.29, 1.82) is 0 Å². The molecule has 0 saturated carbocycles. The van der Waals surface area contributed by atoms with Gasteiger partial charge >= 0.3 is 6.18 Å². The third kappa shape index (κ3) is 4.13. The summed E-state index contributed by atoms with van der Waals surface area (Å²) in [6.45, 7) is 2.52. The summed E-state index contributed by atoms with van der Waals surface area (Å²) in [5.41, 5.74) is -0.119. The van der Waals surface area contributed by atoms with Gasteiger partial charge in [-0.25, -0.2) is 4.39 Å². The van der Waals surface area contributed by atoms with Crippen molar-refractivity contribution < 1.29 is 31.8 Å². The van der Waals surface area contributed by atoms with E-state index in [4.69, 9.17) is 9.47 Å². The van der Waals surface area contributed by atoms with Crippen LogP contribution in [-0.2, 0) is 11.8 Å². The van der Waals surface area contributed by atoms with Gasteiger partial charge in [0.05, 0.1) is 23.6 Å². The molecule has 3 heterocycles. The van der Waals surface area contributed by atoms with Gasteiger partial charge in [0.15, 0.2) is 5.60 Å². The molecular formula is C26H24F4N2O3. The highest BCUT2D eigenvalue weighted by atomic mass is 19.4. The number of carbonyl (C=O) groups is 1. The number of piperidine rings is 1. The first-order chi connectivity index (χ1) is 16.7. The molecule has 1 aromatic heterocycles. The molecule has 1 amide bonds.